The Morgan fingerprint density at radius 1 is 1.25 bits per heavy atom. The Labute approximate surface area is 104 Å². The van der Waals surface area contributed by atoms with Gasteiger partial charge in [0.15, 0.2) is 5.82 Å². The van der Waals surface area contributed by atoms with Gasteiger partial charge in [0.2, 0.25) is 0 Å². The zero-order valence-electron chi connectivity index (χ0n) is 8.80. The van der Waals surface area contributed by atoms with E-state index in [2.05, 4.69) is 22.1 Å². The maximum absolute atomic E-state index is 6.07. The molecule has 0 atom stereocenters. The number of halogens is 2. The molecule has 2 rings (SSSR count). The maximum Gasteiger partial charge on any atom is 0.184 e. The molecule has 1 heterocycles. The molecular weight excluding hydrogens is 245 g/mol. The second-order valence-corrected chi connectivity index (χ2v) is 4.27. The molecule has 1 aromatic carbocycles. The van der Waals surface area contributed by atoms with E-state index in [-0.39, 0.29) is 0 Å². The summed E-state index contributed by atoms with van der Waals surface area (Å²) in [4.78, 5) is 4.36. The van der Waals surface area contributed by atoms with E-state index < -0.39 is 0 Å². The molecule has 0 radical (unpaired) electrons. The number of aryl methyl sites for hydroxylation is 1. The van der Waals surface area contributed by atoms with E-state index in [4.69, 9.17) is 23.2 Å². The molecule has 0 bridgehead atoms. The van der Waals surface area contributed by atoms with Crippen LogP contribution >= 0.6 is 23.2 Å². The lowest BCUT2D eigenvalue weighted by molar-refractivity contribution is 0.841. The van der Waals surface area contributed by atoms with Crippen molar-refractivity contribution < 1.29 is 0 Å². The van der Waals surface area contributed by atoms with Crippen molar-refractivity contribution in [2.24, 2.45) is 0 Å². The summed E-state index contributed by atoms with van der Waals surface area (Å²) in [5, 5.41) is 8.13. The number of nitrogens with zero attached hydrogens (tertiary/aromatic N) is 2. The van der Waals surface area contributed by atoms with E-state index in [0.717, 1.165) is 18.7 Å². The molecule has 3 nitrogen and oxygen atoms in total. The third-order valence-electron chi connectivity index (χ3n) is 2.20. The van der Waals surface area contributed by atoms with Crippen molar-refractivity contribution in [3.05, 3.63) is 34.1 Å². The Hall–Kier alpha value is -1.06. The van der Waals surface area contributed by atoms with Gasteiger partial charge in [0.05, 0.1) is 15.6 Å². The van der Waals surface area contributed by atoms with Gasteiger partial charge in [0.25, 0.3) is 0 Å². The van der Waals surface area contributed by atoms with Crippen molar-refractivity contribution in [1.29, 1.82) is 0 Å². The predicted molar refractivity (Wildman–Crippen MR) is 65.8 cm³/mol. The molecule has 1 aromatic heterocycles. The van der Waals surface area contributed by atoms with E-state index >= 15 is 0 Å². The molecular formula is C11H11Cl2N3. The monoisotopic (exact) mass is 255 g/mol. The van der Waals surface area contributed by atoms with Gasteiger partial charge in [0, 0.05) is 6.42 Å². The molecule has 5 heteroatoms. The lowest BCUT2D eigenvalue weighted by atomic mass is 10.2. The second-order valence-electron chi connectivity index (χ2n) is 3.45. The predicted octanol–water partition coefficient (Wildman–Crippen LogP) is 3.73. The molecule has 0 amide bonds. The minimum atomic E-state index is 0.555. The molecule has 0 fully saturated rings. The Morgan fingerprint density at radius 3 is 2.56 bits per heavy atom. The number of rotatable bonds is 3. The minimum Gasteiger partial charge on any atom is -0.263 e. The van der Waals surface area contributed by atoms with Gasteiger partial charge in [-0.15, -0.1) is 0 Å². The van der Waals surface area contributed by atoms with Crippen molar-refractivity contribution in [2.75, 3.05) is 0 Å². The van der Waals surface area contributed by atoms with Gasteiger partial charge in [-0.1, -0.05) is 36.2 Å². The normalized spacial score (nSPS) is 10.7. The average Bonchev–Trinajstić information content (AvgIpc) is 2.67. The largest absolute Gasteiger partial charge is 0.263 e. The number of aromatic nitrogens is 3. The average molecular weight is 256 g/mol. The SMILES string of the molecule is CCCc1nc(-c2c(Cl)cccc2Cl)n[nH]1. The fourth-order valence-electron chi connectivity index (χ4n) is 1.47. The van der Waals surface area contributed by atoms with Crippen molar-refractivity contribution in [3.63, 3.8) is 0 Å². The minimum absolute atomic E-state index is 0.555. The van der Waals surface area contributed by atoms with Gasteiger partial charge in [-0.05, 0) is 18.6 Å². The van der Waals surface area contributed by atoms with Crippen LogP contribution in [-0.4, -0.2) is 15.2 Å². The van der Waals surface area contributed by atoms with Crippen molar-refractivity contribution in [3.8, 4) is 11.4 Å². The summed E-state index contributed by atoms with van der Waals surface area (Å²) in [5.74, 6) is 1.41. The Morgan fingerprint density at radius 2 is 1.94 bits per heavy atom. The smallest absolute Gasteiger partial charge is 0.184 e. The molecule has 0 saturated carbocycles. The first-order valence-electron chi connectivity index (χ1n) is 5.08. The Kier molecular flexibility index (Phi) is 3.46. The first-order valence-corrected chi connectivity index (χ1v) is 5.83. The van der Waals surface area contributed by atoms with E-state index in [1.807, 2.05) is 0 Å². The summed E-state index contributed by atoms with van der Waals surface area (Å²) in [6, 6.07) is 5.35. The fraction of sp³-hybridized carbons (Fsp3) is 0.273. The quantitative estimate of drug-likeness (QED) is 0.908. The number of benzene rings is 1. The Balaban J connectivity index is 2.42. The molecule has 16 heavy (non-hydrogen) atoms. The summed E-state index contributed by atoms with van der Waals surface area (Å²) < 4.78 is 0. The highest BCUT2D eigenvalue weighted by atomic mass is 35.5. The highest BCUT2D eigenvalue weighted by Gasteiger charge is 2.12. The summed E-state index contributed by atoms with van der Waals surface area (Å²) in [6.07, 6.45) is 1.89. The molecule has 0 aliphatic rings. The summed E-state index contributed by atoms with van der Waals surface area (Å²) in [7, 11) is 0. The molecule has 0 spiro atoms. The summed E-state index contributed by atoms with van der Waals surface area (Å²) >= 11 is 12.1. The van der Waals surface area contributed by atoms with Crippen LogP contribution in [0.5, 0.6) is 0 Å². The lowest BCUT2D eigenvalue weighted by Gasteiger charge is -2.01. The van der Waals surface area contributed by atoms with Crippen LogP contribution in [0.4, 0.5) is 0 Å². The number of hydrogen-bond acceptors (Lipinski definition) is 2. The molecule has 0 aliphatic carbocycles. The fourth-order valence-corrected chi connectivity index (χ4v) is 2.03. The third kappa shape index (κ3) is 2.20. The summed E-state index contributed by atoms with van der Waals surface area (Å²) in [6.45, 7) is 2.09. The van der Waals surface area contributed by atoms with Crippen molar-refractivity contribution >= 4 is 23.2 Å². The third-order valence-corrected chi connectivity index (χ3v) is 2.83. The van der Waals surface area contributed by atoms with Gasteiger partial charge in [-0.25, -0.2) is 4.98 Å². The first-order chi connectivity index (χ1) is 7.72. The zero-order chi connectivity index (χ0) is 11.5. The lowest BCUT2D eigenvalue weighted by Crippen LogP contribution is -1.86. The van der Waals surface area contributed by atoms with Crippen LogP contribution in [0.3, 0.4) is 0 Å². The topological polar surface area (TPSA) is 41.6 Å². The Bertz CT molecular complexity index is 473. The molecule has 0 aliphatic heterocycles. The van der Waals surface area contributed by atoms with E-state index in [1.165, 1.54) is 0 Å². The van der Waals surface area contributed by atoms with E-state index in [1.54, 1.807) is 18.2 Å². The molecule has 0 saturated heterocycles. The van der Waals surface area contributed by atoms with Crippen LogP contribution in [0.1, 0.15) is 19.2 Å². The first kappa shape index (κ1) is 11.4. The van der Waals surface area contributed by atoms with Crippen LogP contribution in [0.2, 0.25) is 10.0 Å². The van der Waals surface area contributed by atoms with Crippen LogP contribution in [0.25, 0.3) is 11.4 Å². The van der Waals surface area contributed by atoms with Gasteiger partial charge >= 0.3 is 0 Å². The van der Waals surface area contributed by atoms with E-state index in [0.29, 0.717) is 21.4 Å². The maximum atomic E-state index is 6.07. The van der Waals surface area contributed by atoms with Gasteiger partial charge < -0.3 is 0 Å². The second kappa shape index (κ2) is 4.85. The van der Waals surface area contributed by atoms with Crippen molar-refractivity contribution in [1.82, 2.24) is 15.2 Å². The number of aromatic amines is 1. The van der Waals surface area contributed by atoms with Crippen LogP contribution in [-0.2, 0) is 6.42 Å². The van der Waals surface area contributed by atoms with Gasteiger partial charge in [0.1, 0.15) is 5.82 Å². The molecule has 0 unspecified atom stereocenters. The van der Waals surface area contributed by atoms with Gasteiger partial charge in [-0.2, -0.15) is 5.10 Å². The molecule has 1 N–H and O–H groups in total. The number of nitrogens with one attached hydrogen (secondary N) is 1. The summed E-state index contributed by atoms with van der Waals surface area (Å²) in [5.41, 5.74) is 0.685. The zero-order valence-corrected chi connectivity index (χ0v) is 10.3. The van der Waals surface area contributed by atoms with Crippen LogP contribution < -0.4 is 0 Å². The number of H-pyrrole nitrogens is 1. The molecule has 84 valence electrons. The van der Waals surface area contributed by atoms with Crippen LogP contribution in [0.15, 0.2) is 18.2 Å². The van der Waals surface area contributed by atoms with Gasteiger partial charge in [-0.3, -0.25) is 5.10 Å². The highest BCUT2D eigenvalue weighted by Crippen LogP contribution is 2.32. The standard InChI is InChI=1S/C11H11Cl2N3/c1-2-4-9-14-11(16-15-9)10-7(12)5-3-6-8(10)13/h3,5-6H,2,4H2,1H3,(H,14,15,16). The van der Waals surface area contributed by atoms with Crippen molar-refractivity contribution in [2.45, 2.75) is 19.8 Å². The highest BCUT2D eigenvalue weighted by molar-refractivity contribution is 6.38. The van der Waals surface area contributed by atoms with Crippen LogP contribution in [0, 0.1) is 0 Å². The molecule has 2 aromatic rings. The number of hydrogen-bond donors (Lipinski definition) is 1. The van der Waals surface area contributed by atoms with E-state index in [9.17, 15) is 0 Å².